The number of benzene rings is 1. The molecule has 0 saturated carbocycles. The van der Waals surface area contributed by atoms with Crippen molar-refractivity contribution in [2.75, 3.05) is 12.4 Å². The highest BCUT2D eigenvalue weighted by atomic mass is 16.6. The summed E-state index contributed by atoms with van der Waals surface area (Å²) in [4.78, 5) is 13.7. The number of nitrogens with zero attached hydrogens (tertiary/aromatic N) is 2. The van der Waals surface area contributed by atoms with Gasteiger partial charge in [-0.15, -0.1) is 0 Å². The lowest BCUT2D eigenvalue weighted by atomic mass is 10.2. The van der Waals surface area contributed by atoms with Crippen LogP contribution in [0.1, 0.15) is 5.56 Å². The summed E-state index contributed by atoms with van der Waals surface area (Å²) in [7, 11) is 1.62. The molecule has 0 unspecified atom stereocenters. The Kier molecular flexibility index (Phi) is 3.92. The van der Waals surface area contributed by atoms with Gasteiger partial charge in [0.15, 0.2) is 6.20 Å². The molecule has 0 saturated heterocycles. The van der Waals surface area contributed by atoms with Crippen LogP contribution in [-0.4, -0.2) is 17.0 Å². The maximum absolute atomic E-state index is 10.5. The summed E-state index contributed by atoms with van der Waals surface area (Å²) < 4.78 is 5.07. The summed E-state index contributed by atoms with van der Waals surface area (Å²) in [5, 5.41) is 13.6. The lowest BCUT2D eigenvalue weighted by Crippen LogP contribution is -2.00. The van der Waals surface area contributed by atoms with E-state index in [1.807, 2.05) is 24.3 Å². The molecule has 0 aliphatic rings. The van der Waals surface area contributed by atoms with Crippen LogP contribution in [0.5, 0.6) is 5.75 Å². The average molecular weight is 259 g/mol. The van der Waals surface area contributed by atoms with Crippen LogP contribution in [0, 0.1) is 10.1 Å². The largest absolute Gasteiger partial charge is 0.497 e. The van der Waals surface area contributed by atoms with Crippen molar-refractivity contribution in [1.82, 2.24) is 4.98 Å². The fourth-order valence-electron chi connectivity index (χ4n) is 1.55. The number of rotatable bonds is 5. The fraction of sp³-hybridized carbons (Fsp3) is 0.154. The van der Waals surface area contributed by atoms with E-state index in [1.54, 1.807) is 13.2 Å². The van der Waals surface area contributed by atoms with E-state index in [0.29, 0.717) is 6.54 Å². The molecule has 6 heteroatoms. The molecular formula is C13H13N3O3. The molecule has 0 atom stereocenters. The van der Waals surface area contributed by atoms with Gasteiger partial charge in [0, 0.05) is 12.6 Å². The molecule has 2 aromatic rings. The van der Waals surface area contributed by atoms with Crippen LogP contribution < -0.4 is 10.1 Å². The Morgan fingerprint density at radius 3 is 2.53 bits per heavy atom. The van der Waals surface area contributed by atoms with Crippen molar-refractivity contribution in [3.63, 3.8) is 0 Å². The molecule has 0 amide bonds. The zero-order valence-electron chi connectivity index (χ0n) is 10.4. The minimum absolute atomic E-state index is 0.157. The van der Waals surface area contributed by atoms with Crippen LogP contribution in [0.2, 0.25) is 0 Å². The van der Waals surface area contributed by atoms with Gasteiger partial charge in [0.1, 0.15) is 5.75 Å². The second-order valence-electron chi connectivity index (χ2n) is 3.86. The van der Waals surface area contributed by atoms with Gasteiger partial charge in [-0.25, -0.2) is 0 Å². The fourth-order valence-corrected chi connectivity index (χ4v) is 1.55. The molecule has 0 spiro atoms. The molecule has 0 aliphatic heterocycles. The van der Waals surface area contributed by atoms with Gasteiger partial charge in [-0.2, -0.15) is 0 Å². The maximum atomic E-state index is 10.5. The van der Waals surface area contributed by atoms with E-state index in [9.17, 15) is 10.1 Å². The number of aromatic nitrogens is 1. The number of nitrogens with one attached hydrogen (secondary N) is 1. The first kappa shape index (κ1) is 12.8. The first-order chi connectivity index (χ1) is 9.19. The molecule has 1 N–H and O–H groups in total. The third kappa shape index (κ3) is 3.41. The molecule has 2 rings (SSSR count). The molecule has 0 bridgehead atoms. The quantitative estimate of drug-likeness (QED) is 0.659. The molecular weight excluding hydrogens is 246 g/mol. The SMILES string of the molecule is COc1ccc(CNc2ccc([N+](=O)[O-])nc2)cc1. The number of hydrogen-bond donors (Lipinski definition) is 1. The molecule has 0 fully saturated rings. The molecule has 6 nitrogen and oxygen atoms in total. The Balaban J connectivity index is 1.95. The van der Waals surface area contributed by atoms with Gasteiger partial charge in [-0.1, -0.05) is 12.1 Å². The molecule has 0 aliphatic carbocycles. The lowest BCUT2D eigenvalue weighted by molar-refractivity contribution is -0.389. The van der Waals surface area contributed by atoms with Crippen LogP contribution >= 0.6 is 0 Å². The topological polar surface area (TPSA) is 77.3 Å². The van der Waals surface area contributed by atoms with Gasteiger partial charge in [-0.05, 0) is 33.7 Å². The van der Waals surface area contributed by atoms with Crippen LogP contribution in [0.15, 0.2) is 42.6 Å². The second-order valence-corrected chi connectivity index (χ2v) is 3.86. The van der Waals surface area contributed by atoms with E-state index in [0.717, 1.165) is 17.0 Å². The number of hydrogen-bond acceptors (Lipinski definition) is 5. The van der Waals surface area contributed by atoms with Crippen LogP contribution in [0.3, 0.4) is 0 Å². The minimum Gasteiger partial charge on any atom is -0.497 e. The number of ether oxygens (including phenoxy) is 1. The minimum atomic E-state index is -0.521. The van der Waals surface area contributed by atoms with E-state index in [1.165, 1.54) is 12.3 Å². The van der Waals surface area contributed by atoms with Gasteiger partial charge in [0.2, 0.25) is 0 Å². The highest BCUT2D eigenvalue weighted by molar-refractivity contribution is 5.44. The summed E-state index contributed by atoms with van der Waals surface area (Å²) in [6, 6.07) is 10.7. The van der Waals surface area contributed by atoms with Gasteiger partial charge in [0.25, 0.3) is 0 Å². The van der Waals surface area contributed by atoms with Crippen molar-refractivity contribution in [3.8, 4) is 5.75 Å². The van der Waals surface area contributed by atoms with Crippen molar-refractivity contribution < 1.29 is 9.66 Å². The Labute approximate surface area is 110 Å². The summed E-state index contributed by atoms with van der Waals surface area (Å²) in [5.74, 6) is 0.649. The standard InChI is InChI=1S/C13H13N3O3/c1-19-12-5-2-10(3-6-12)8-14-11-4-7-13(15-9-11)16(17)18/h2-7,9,14H,8H2,1H3. The molecule has 19 heavy (non-hydrogen) atoms. The van der Waals surface area contributed by atoms with Gasteiger partial charge in [-0.3, -0.25) is 0 Å². The maximum Gasteiger partial charge on any atom is 0.363 e. The normalized spacial score (nSPS) is 9.95. The van der Waals surface area contributed by atoms with Crippen molar-refractivity contribution >= 4 is 11.5 Å². The van der Waals surface area contributed by atoms with E-state index < -0.39 is 4.92 Å². The summed E-state index contributed by atoms with van der Waals surface area (Å²) in [5.41, 5.74) is 1.82. The van der Waals surface area contributed by atoms with Crippen molar-refractivity contribution in [1.29, 1.82) is 0 Å². The number of nitro groups is 1. The number of pyridine rings is 1. The first-order valence-electron chi connectivity index (χ1n) is 5.66. The Bertz CT molecular complexity index is 552. The van der Waals surface area contributed by atoms with Gasteiger partial charge < -0.3 is 20.2 Å². The second kappa shape index (κ2) is 5.81. The summed E-state index contributed by atoms with van der Waals surface area (Å²) >= 11 is 0. The monoisotopic (exact) mass is 259 g/mol. The predicted octanol–water partition coefficient (Wildman–Crippen LogP) is 2.61. The number of anilines is 1. The summed E-state index contributed by atoms with van der Waals surface area (Å²) in [6.07, 6.45) is 1.45. The lowest BCUT2D eigenvalue weighted by Gasteiger charge is -2.06. The highest BCUT2D eigenvalue weighted by Crippen LogP contribution is 2.14. The molecule has 1 aromatic carbocycles. The molecule has 0 radical (unpaired) electrons. The van der Waals surface area contributed by atoms with Crippen LogP contribution in [0.4, 0.5) is 11.5 Å². The van der Waals surface area contributed by atoms with Gasteiger partial charge >= 0.3 is 5.82 Å². The van der Waals surface area contributed by atoms with Crippen LogP contribution in [0.25, 0.3) is 0 Å². The van der Waals surface area contributed by atoms with E-state index in [-0.39, 0.29) is 5.82 Å². The molecule has 1 heterocycles. The van der Waals surface area contributed by atoms with Gasteiger partial charge in [0.05, 0.1) is 12.8 Å². The molecule has 98 valence electrons. The average Bonchev–Trinajstić information content (AvgIpc) is 2.46. The highest BCUT2D eigenvalue weighted by Gasteiger charge is 2.05. The van der Waals surface area contributed by atoms with Crippen molar-refractivity contribution in [2.24, 2.45) is 0 Å². The number of methoxy groups -OCH3 is 1. The zero-order valence-corrected chi connectivity index (χ0v) is 10.4. The van der Waals surface area contributed by atoms with E-state index >= 15 is 0 Å². The van der Waals surface area contributed by atoms with Crippen LogP contribution in [-0.2, 0) is 6.54 Å². The first-order valence-corrected chi connectivity index (χ1v) is 5.66. The smallest absolute Gasteiger partial charge is 0.363 e. The van der Waals surface area contributed by atoms with Crippen molar-refractivity contribution in [2.45, 2.75) is 6.54 Å². The van der Waals surface area contributed by atoms with Crippen molar-refractivity contribution in [3.05, 3.63) is 58.3 Å². The third-order valence-corrected chi connectivity index (χ3v) is 2.59. The molecule has 1 aromatic heterocycles. The summed E-state index contributed by atoms with van der Waals surface area (Å²) in [6.45, 7) is 0.615. The van der Waals surface area contributed by atoms with E-state index in [2.05, 4.69) is 10.3 Å². The third-order valence-electron chi connectivity index (χ3n) is 2.59. The van der Waals surface area contributed by atoms with E-state index in [4.69, 9.17) is 4.74 Å². The Morgan fingerprint density at radius 1 is 1.26 bits per heavy atom. The predicted molar refractivity (Wildman–Crippen MR) is 71.2 cm³/mol. The Hall–Kier alpha value is -2.63. The Morgan fingerprint density at radius 2 is 2.00 bits per heavy atom. The zero-order chi connectivity index (χ0) is 13.7.